The van der Waals surface area contributed by atoms with E-state index in [4.69, 9.17) is 4.98 Å². The molecule has 0 saturated heterocycles. The minimum atomic E-state index is 0.936. The molecule has 0 atom stereocenters. The summed E-state index contributed by atoms with van der Waals surface area (Å²) in [5.74, 6) is 0. The third-order valence-corrected chi connectivity index (χ3v) is 7.22. The first-order valence-electron chi connectivity index (χ1n) is 14.0. The fourth-order valence-corrected chi connectivity index (χ4v) is 5.23. The molecule has 0 spiro atoms. The lowest BCUT2D eigenvalue weighted by Crippen LogP contribution is -1.96. The van der Waals surface area contributed by atoms with Gasteiger partial charge in [-0.1, -0.05) is 90.1 Å². The van der Waals surface area contributed by atoms with Gasteiger partial charge in [-0.2, -0.15) is 0 Å². The summed E-state index contributed by atoms with van der Waals surface area (Å²) in [6.07, 6.45) is 30.4. The third-order valence-electron chi connectivity index (χ3n) is 7.22. The summed E-state index contributed by atoms with van der Waals surface area (Å²) in [6.45, 7) is 1.99. The van der Waals surface area contributed by atoms with Gasteiger partial charge in [-0.25, -0.2) is 4.98 Å². The van der Waals surface area contributed by atoms with Crippen molar-refractivity contribution in [2.24, 2.45) is 0 Å². The Bertz CT molecular complexity index is 1830. The van der Waals surface area contributed by atoms with Gasteiger partial charge < -0.3 is 0 Å². The Morgan fingerprint density at radius 1 is 0.732 bits per heavy atom. The van der Waals surface area contributed by atoms with Crippen molar-refractivity contribution in [2.45, 2.75) is 26.2 Å². The highest BCUT2D eigenvalue weighted by atomic mass is 15.1. The maximum absolute atomic E-state index is 5.01. The largest absolute Gasteiger partial charge is 0.294 e. The van der Waals surface area contributed by atoms with Gasteiger partial charge in [0.25, 0.3) is 0 Å². The second kappa shape index (κ2) is 12.4. The fraction of sp³-hybridized carbons (Fsp3) is 0.108. The van der Waals surface area contributed by atoms with Gasteiger partial charge in [0, 0.05) is 46.3 Å². The first-order chi connectivity index (χ1) is 20.3. The molecular weight excluding hydrogens is 500 g/mol. The average Bonchev–Trinajstić information content (AvgIpc) is 3.23. The van der Waals surface area contributed by atoms with E-state index in [-0.39, 0.29) is 0 Å². The van der Waals surface area contributed by atoms with Crippen LogP contribution in [0.5, 0.6) is 0 Å². The second-order valence-electron chi connectivity index (χ2n) is 10.2. The topological polar surface area (TPSA) is 43.6 Å². The molecule has 4 heteroatoms. The SMILES string of the molecule is C1=CC=C(CC2=CC=CC=CC2)CC=C1.Cc1cc(-c2ccc3c4cnccc4n(-c4ccccc4)c3n2)ccn1. The minimum absolute atomic E-state index is 0.936. The number of rotatable bonds is 4. The van der Waals surface area contributed by atoms with E-state index in [0.717, 1.165) is 63.8 Å². The molecule has 2 aliphatic carbocycles. The highest BCUT2D eigenvalue weighted by molar-refractivity contribution is 6.07. The maximum Gasteiger partial charge on any atom is 0.146 e. The average molecular weight is 533 g/mol. The van der Waals surface area contributed by atoms with Gasteiger partial charge in [-0.15, -0.1) is 0 Å². The number of benzene rings is 1. The van der Waals surface area contributed by atoms with Gasteiger partial charge in [-0.3, -0.25) is 14.5 Å². The number of aromatic nitrogens is 4. The van der Waals surface area contributed by atoms with Crippen molar-refractivity contribution in [3.05, 3.63) is 157 Å². The van der Waals surface area contributed by atoms with E-state index < -0.39 is 0 Å². The molecule has 4 heterocycles. The molecule has 0 unspecified atom stereocenters. The number of nitrogens with zero attached hydrogens (tertiary/aromatic N) is 4. The summed E-state index contributed by atoms with van der Waals surface area (Å²) in [6, 6.07) is 20.6. The number of para-hydroxylation sites is 1. The van der Waals surface area contributed by atoms with Gasteiger partial charge in [0.15, 0.2) is 0 Å². The first kappa shape index (κ1) is 26.1. The maximum atomic E-state index is 5.01. The number of pyridine rings is 3. The standard InChI is InChI=1S/C22H16N4.C15H16/c1-15-13-16(9-12-24-15)20-8-7-18-19-14-23-11-10-21(19)26(22(18)25-20)17-5-3-2-4-6-17;1-2-6-10-14(9-5-1)13-15-11-7-3-4-8-12-15/h2-14H,1H3;1-9,11H,10,12-13H2. The van der Waals surface area contributed by atoms with Crippen molar-refractivity contribution in [1.29, 1.82) is 0 Å². The summed E-state index contributed by atoms with van der Waals surface area (Å²) < 4.78 is 2.20. The van der Waals surface area contributed by atoms with Gasteiger partial charge in [0.1, 0.15) is 5.65 Å². The van der Waals surface area contributed by atoms with Crippen LogP contribution in [0.25, 0.3) is 38.9 Å². The Balaban J connectivity index is 0.000000172. The zero-order valence-electron chi connectivity index (χ0n) is 23.2. The quantitative estimate of drug-likeness (QED) is 0.232. The van der Waals surface area contributed by atoms with Crippen LogP contribution in [0.3, 0.4) is 0 Å². The monoisotopic (exact) mass is 532 g/mol. The molecule has 0 amide bonds. The molecule has 0 bridgehead atoms. The van der Waals surface area contributed by atoms with Crippen LogP contribution in [0.2, 0.25) is 0 Å². The molecule has 200 valence electrons. The van der Waals surface area contributed by atoms with Crippen LogP contribution in [0, 0.1) is 6.92 Å². The zero-order valence-corrected chi connectivity index (χ0v) is 23.2. The van der Waals surface area contributed by atoms with Crippen molar-refractivity contribution in [1.82, 2.24) is 19.5 Å². The molecule has 1 aromatic carbocycles. The summed E-state index contributed by atoms with van der Waals surface area (Å²) in [4.78, 5) is 13.6. The van der Waals surface area contributed by atoms with E-state index >= 15 is 0 Å². The smallest absolute Gasteiger partial charge is 0.146 e. The van der Waals surface area contributed by atoms with E-state index in [1.165, 1.54) is 11.1 Å². The molecule has 2 aliphatic rings. The number of aryl methyl sites for hydroxylation is 1. The molecule has 4 nitrogen and oxygen atoms in total. The predicted molar refractivity (Wildman–Crippen MR) is 171 cm³/mol. The van der Waals surface area contributed by atoms with Crippen LogP contribution in [0.15, 0.2) is 151 Å². The van der Waals surface area contributed by atoms with Crippen LogP contribution in [0.4, 0.5) is 0 Å². The van der Waals surface area contributed by atoms with E-state index in [1.807, 2.05) is 55.8 Å². The number of hydrogen-bond acceptors (Lipinski definition) is 3. The molecule has 0 aliphatic heterocycles. The lowest BCUT2D eigenvalue weighted by Gasteiger charge is -2.08. The zero-order chi connectivity index (χ0) is 27.9. The Morgan fingerprint density at radius 2 is 1.49 bits per heavy atom. The number of fused-ring (bicyclic) bond motifs is 3. The summed E-state index contributed by atoms with van der Waals surface area (Å²) in [5, 5.41) is 2.21. The molecule has 7 rings (SSSR count). The Hall–Kier alpha value is -5.09. The van der Waals surface area contributed by atoms with Crippen molar-refractivity contribution < 1.29 is 0 Å². The van der Waals surface area contributed by atoms with Gasteiger partial charge in [-0.05, 0) is 68.7 Å². The summed E-state index contributed by atoms with van der Waals surface area (Å²) in [7, 11) is 0. The van der Waals surface area contributed by atoms with Gasteiger partial charge >= 0.3 is 0 Å². The van der Waals surface area contributed by atoms with Gasteiger partial charge in [0.2, 0.25) is 0 Å². The third kappa shape index (κ3) is 6.07. The Kier molecular flexibility index (Phi) is 7.90. The lowest BCUT2D eigenvalue weighted by molar-refractivity contribution is 1.01. The van der Waals surface area contributed by atoms with E-state index in [9.17, 15) is 0 Å². The van der Waals surface area contributed by atoms with Crippen molar-refractivity contribution in [3.8, 4) is 16.9 Å². The lowest BCUT2D eigenvalue weighted by atomic mass is 10.00. The number of allylic oxidation sites excluding steroid dienone is 12. The van der Waals surface area contributed by atoms with E-state index in [0.29, 0.717) is 0 Å². The second-order valence-corrected chi connectivity index (χ2v) is 10.2. The normalized spacial score (nSPS) is 14.3. The highest BCUT2D eigenvalue weighted by Crippen LogP contribution is 2.32. The molecule has 0 N–H and O–H groups in total. The molecule has 0 radical (unpaired) electrons. The predicted octanol–water partition coefficient (Wildman–Crippen LogP) is 9.21. The van der Waals surface area contributed by atoms with E-state index in [2.05, 4.69) is 106 Å². The minimum Gasteiger partial charge on any atom is -0.294 e. The van der Waals surface area contributed by atoms with Crippen LogP contribution in [-0.4, -0.2) is 19.5 Å². The van der Waals surface area contributed by atoms with E-state index in [1.54, 1.807) is 0 Å². The van der Waals surface area contributed by atoms with Gasteiger partial charge in [0.05, 0.1) is 11.2 Å². The first-order valence-corrected chi connectivity index (χ1v) is 14.0. The number of hydrogen-bond donors (Lipinski definition) is 0. The van der Waals surface area contributed by atoms with Crippen molar-refractivity contribution >= 4 is 21.9 Å². The van der Waals surface area contributed by atoms with Crippen LogP contribution in [-0.2, 0) is 0 Å². The summed E-state index contributed by atoms with van der Waals surface area (Å²) >= 11 is 0. The Morgan fingerprint density at radius 3 is 2.22 bits per heavy atom. The fourth-order valence-electron chi connectivity index (χ4n) is 5.23. The molecule has 0 fully saturated rings. The summed E-state index contributed by atoms with van der Waals surface area (Å²) in [5.41, 5.74) is 9.12. The molecule has 0 saturated carbocycles. The molecule has 4 aromatic heterocycles. The highest BCUT2D eigenvalue weighted by Gasteiger charge is 2.14. The Labute approximate surface area is 241 Å². The molecule has 41 heavy (non-hydrogen) atoms. The van der Waals surface area contributed by atoms with Crippen LogP contribution >= 0.6 is 0 Å². The molecular formula is C37H32N4. The van der Waals surface area contributed by atoms with Crippen molar-refractivity contribution in [2.75, 3.05) is 0 Å². The van der Waals surface area contributed by atoms with Crippen LogP contribution in [0.1, 0.15) is 25.0 Å². The molecule has 5 aromatic rings. The van der Waals surface area contributed by atoms with Crippen molar-refractivity contribution in [3.63, 3.8) is 0 Å². The van der Waals surface area contributed by atoms with Crippen LogP contribution < -0.4 is 0 Å².